The normalized spacial score (nSPS) is 30.1. The number of hydrogen-bond donors (Lipinski definition) is 2. The molecule has 2 N–H and O–H groups in total. The predicted molar refractivity (Wildman–Crippen MR) is 97.1 cm³/mol. The number of nitrogens with zero attached hydrogens (tertiary/aromatic N) is 1. The standard InChI is InChI=1S/C20H30N2O3/c1-20(2)17(11-18(20)25-13-14-7-5-4-6-8-14)21-19(24)22(3)12-15-9-16(23)10-15/h4-8,15-18,23H,9-13H2,1-3H3,(H,21,24)/t15?,16?,17-,18-/m0/s1. The Bertz CT molecular complexity index is 584. The summed E-state index contributed by atoms with van der Waals surface area (Å²) in [5, 5.41) is 12.5. The summed E-state index contributed by atoms with van der Waals surface area (Å²) in [6.07, 6.45) is 2.45. The molecule has 0 bridgehead atoms. The van der Waals surface area contributed by atoms with Gasteiger partial charge in [-0.25, -0.2) is 4.79 Å². The number of urea groups is 1. The van der Waals surface area contributed by atoms with E-state index < -0.39 is 0 Å². The molecule has 2 fully saturated rings. The van der Waals surface area contributed by atoms with Crippen LogP contribution in [-0.4, -0.2) is 47.9 Å². The second kappa shape index (κ2) is 7.34. The summed E-state index contributed by atoms with van der Waals surface area (Å²) in [5.41, 5.74) is 1.10. The molecule has 1 aromatic rings. The molecule has 2 amide bonds. The summed E-state index contributed by atoms with van der Waals surface area (Å²) >= 11 is 0. The molecule has 25 heavy (non-hydrogen) atoms. The summed E-state index contributed by atoms with van der Waals surface area (Å²) in [6.45, 7) is 5.63. The van der Waals surface area contributed by atoms with Gasteiger partial charge in [0.1, 0.15) is 0 Å². The highest BCUT2D eigenvalue weighted by molar-refractivity contribution is 5.74. The fourth-order valence-electron chi connectivity index (χ4n) is 3.76. The van der Waals surface area contributed by atoms with Crippen molar-refractivity contribution < 1.29 is 14.6 Å². The van der Waals surface area contributed by atoms with Crippen LogP contribution in [0.2, 0.25) is 0 Å². The maximum atomic E-state index is 12.4. The van der Waals surface area contributed by atoms with E-state index in [1.54, 1.807) is 4.90 Å². The molecular formula is C20H30N2O3. The number of rotatable bonds is 6. The molecule has 5 nitrogen and oxygen atoms in total. The zero-order chi connectivity index (χ0) is 18.0. The summed E-state index contributed by atoms with van der Waals surface area (Å²) in [4.78, 5) is 14.1. The smallest absolute Gasteiger partial charge is 0.317 e. The summed E-state index contributed by atoms with van der Waals surface area (Å²) < 4.78 is 6.06. The van der Waals surface area contributed by atoms with Crippen molar-refractivity contribution in [3.63, 3.8) is 0 Å². The number of carbonyl (C=O) groups excluding carboxylic acids is 1. The average Bonchev–Trinajstić information content (AvgIpc) is 2.56. The fraction of sp³-hybridized carbons (Fsp3) is 0.650. The van der Waals surface area contributed by atoms with Crippen molar-refractivity contribution in [2.45, 2.75) is 58.0 Å². The Morgan fingerprint density at radius 2 is 1.96 bits per heavy atom. The Morgan fingerprint density at radius 1 is 1.28 bits per heavy atom. The van der Waals surface area contributed by atoms with Crippen LogP contribution >= 0.6 is 0 Å². The molecule has 2 aliphatic rings. The van der Waals surface area contributed by atoms with Crippen LogP contribution in [0, 0.1) is 11.3 Å². The third-order valence-electron chi connectivity index (χ3n) is 5.86. The summed E-state index contributed by atoms with van der Waals surface area (Å²) in [5.74, 6) is 0.433. The highest BCUT2D eigenvalue weighted by atomic mass is 16.5. The molecule has 2 saturated carbocycles. The van der Waals surface area contributed by atoms with Gasteiger partial charge in [-0.3, -0.25) is 0 Å². The van der Waals surface area contributed by atoms with Crippen LogP contribution in [-0.2, 0) is 11.3 Å². The Hall–Kier alpha value is -1.59. The highest BCUT2D eigenvalue weighted by Crippen LogP contribution is 2.43. The largest absolute Gasteiger partial charge is 0.393 e. The minimum Gasteiger partial charge on any atom is -0.393 e. The first kappa shape index (κ1) is 18.2. The first-order valence-corrected chi connectivity index (χ1v) is 9.21. The van der Waals surface area contributed by atoms with Crippen LogP contribution in [0.5, 0.6) is 0 Å². The number of carbonyl (C=O) groups is 1. The fourth-order valence-corrected chi connectivity index (χ4v) is 3.76. The van der Waals surface area contributed by atoms with Gasteiger partial charge in [-0.1, -0.05) is 44.2 Å². The number of ether oxygens (including phenoxy) is 1. The monoisotopic (exact) mass is 346 g/mol. The molecule has 5 heteroatoms. The molecule has 0 radical (unpaired) electrons. The predicted octanol–water partition coefficient (Wildman–Crippen LogP) is 2.78. The minimum absolute atomic E-state index is 0.0269. The Balaban J connectivity index is 1.42. The molecule has 0 aromatic heterocycles. The van der Waals surface area contributed by atoms with Gasteiger partial charge in [-0.2, -0.15) is 0 Å². The lowest BCUT2D eigenvalue weighted by molar-refractivity contribution is -0.122. The first-order valence-electron chi connectivity index (χ1n) is 9.21. The topological polar surface area (TPSA) is 61.8 Å². The van der Waals surface area contributed by atoms with Crippen LogP contribution in [0.3, 0.4) is 0 Å². The van der Waals surface area contributed by atoms with E-state index in [2.05, 4.69) is 31.3 Å². The van der Waals surface area contributed by atoms with Gasteiger partial charge in [0, 0.05) is 25.0 Å². The van der Waals surface area contributed by atoms with Gasteiger partial charge in [-0.05, 0) is 30.7 Å². The molecule has 0 heterocycles. The van der Waals surface area contributed by atoms with Gasteiger partial charge in [0.25, 0.3) is 0 Å². The molecule has 0 aliphatic heterocycles. The molecule has 3 rings (SSSR count). The van der Waals surface area contributed by atoms with E-state index in [4.69, 9.17) is 4.74 Å². The number of benzene rings is 1. The maximum absolute atomic E-state index is 12.4. The quantitative estimate of drug-likeness (QED) is 0.833. The summed E-state index contributed by atoms with van der Waals surface area (Å²) in [7, 11) is 1.83. The van der Waals surface area contributed by atoms with Crippen LogP contribution in [0.4, 0.5) is 4.79 Å². The second-order valence-corrected chi connectivity index (χ2v) is 8.22. The van der Waals surface area contributed by atoms with Crippen LogP contribution in [0.1, 0.15) is 38.7 Å². The Labute approximate surface area is 150 Å². The molecule has 0 unspecified atom stereocenters. The van der Waals surface area contributed by atoms with Crippen molar-refractivity contribution in [3.8, 4) is 0 Å². The van der Waals surface area contributed by atoms with Gasteiger partial charge in [0.15, 0.2) is 0 Å². The number of aliphatic hydroxyl groups excluding tert-OH is 1. The van der Waals surface area contributed by atoms with Crippen molar-refractivity contribution >= 4 is 6.03 Å². The van der Waals surface area contributed by atoms with E-state index in [0.717, 1.165) is 19.3 Å². The van der Waals surface area contributed by atoms with E-state index in [-0.39, 0.29) is 29.7 Å². The molecule has 0 spiro atoms. The van der Waals surface area contributed by atoms with E-state index in [1.165, 1.54) is 5.56 Å². The van der Waals surface area contributed by atoms with Crippen molar-refractivity contribution in [1.82, 2.24) is 10.2 Å². The summed E-state index contributed by atoms with van der Waals surface area (Å²) in [6, 6.07) is 10.3. The molecule has 138 valence electrons. The Kier molecular flexibility index (Phi) is 5.35. The van der Waals surface area contributed by atoms with Gasteiger partial charge >= 0.3 is 6.03 Å². The lowest BCUT2D eigenvalue weighted by Crippen LogP contribution is -2.63. The average molecular weight is 346 g/mol. The van der Waals surface area contributed by atoms with Gasteiger partial charge in [0.05, 0.1) is 18.8 Å². The van der Waals surface area contributed by atoms with E-state index >= 15 is 0 Å². The van der Waals surface area contributed by atoms with Gasteiger partial charge in [0.2, 0.25) is 0 Å². The van der Waals surface area contributed by atoms with Crippen molar-refractivity contribution in [3.05, 3.63) is 35.9 Å². The zero-order valence-corrected chi connectivity index (χ0v) is 15.4. The SMILES string of the molecule is CN(CC1CC(O)C1)C(=O)N[C@H]1C[C@H](OCc2ccccc2)C1(C)C. The Morgan fingerprint density at radius 3 is 2.56 bits per heavy atom. The molecule has 2 aliphatic carbocycles. The molecule has 1 aromatic carbocycles. The van der Waals surface area contributed by atoms with Gasteiger partial charge < -0.3 is 20.1 Å². The third kappa shape index (κ3) is 4.15. The molecule has 0 saturated heterocycles. The van der Waals surface area contributed by atoms with Crippen molar-refractivity contribution in [1.29, 1.82) is 0 Å². The van der Waals surface area contributed by atoms with Crippen molar-refractivity contribution in [2.75, 3.05) is 13.6 Å². The van der Waals surface area contributed by atoms with E-state index in [9.17, 15) is 9.90 Å². The van der Waals surface area contributed by atoms with Crippen LogP contribution in [0.25, 0.3) is 0 Å². The van der Waals surface area contributed by atoms with E-state index in [0.29, 0.717) is 19.1 Å². The van der Waals surface area contributed by atoms with Crippen LogP contribution < -0.4 is 5.32 Å². The number of amides is 2. The molecular weight excluding hydrogens is 316 g/mol. The second-order valence-electron chi connectivity index (χ2n) is 8.22. The molecule has 2 atom stereocenters. The van der Waals surface area contributed by atoms with Crippen molar-refractivity contribution in [2.24, 2.45) is 11.3 Å². The van der Waals surface area contributed by atoms with Gasteiger partial charge in [-0.15, -0.1) is 0 Å². The minimum atomic E-state index is -0.172. The number of nitrogens with one attached hydrogen (secondary N) is 1. The zero-order valence-electron chi connectivity index (χ0n) is 15.4. The lowest BCUT2D eigenvalue weighted by atomic mass is 9.64. The number of hydrogen-bond acceptors (Lipinski definition) is 3. The first-order chi connectivity index (χ1) is 11.9. The highest BCUT2D eigenvalue weighted by Gasteiger charge is 2.50. The third-order valence-corrected chi connectivity index (χ3v) is 5.86. The maximum Gasteiger partial charge on any atom is 0.317 e. The number of aliphatic hydroxyl groups is 1. The van der Waals surface area contributed by atoms with Crippen LogP contribution in [0.15, 0.2) is 30.3 Å². The van der Waals surface area contributed by atoms with E-state index in [1.807, 2.05) is 25.2 Å². The lowest BCUT2D eigenvalue weighted by Gasteiger charge is -2.52.